The van der Waals surface area contributed by atoms with Crippen molar-refractivity contribution in [2.75, 3.05) is 0 Å². The van der Waals surface area contributed by atoms with Crippen LogP contribution >= 0.6 is 0 Å². The van der Waals surface area contributed by atoms with Crippen LogP contribution in [0.3, 0.4) is 0 Å². The Bertz CT molecular complexity index is 449. The first kappa shape index (κ1) is 37.5. The molecule has 1 N–H and O–H groups in total. The topological polar surface area (TPSA) is 29.1 Å². The van der Waals surface area contributed by atoms with Crippen molar-refractivity contribution < 1.29 is 4.79 Å². The Balaban J connectivity index is 3.39. The Morgan fingerprint density at radius 3 is 1.13 bits per heavy atom. The highest BCUT2D eigenvalue weighted by atomic mass is 16.1. The monoisotopic (exact) mass is 535 g/mol. The quantitative estimate of drug-likeness (QED) is 0.0854. The highest BCUT2D eigenvalue weighted by molar-refractivity contribution is 5.76. The standard InChI is InChI=1S/C36H72NO/c1-4-7-9-11-13-15-17-19-20-22-24-26-28-30-32-34-36(38)37-35(6-3)33-31-29-27-25-23-21-18-16-14-12-10-8-5-2/h33,35H,4-32,34H2,1-3H3,(H,37,38). The maximum absolute atomic E-state index is 12.3. The van der Waals surface area contributed by atoms with Crippen molar-refractivity contribution in [3.63, 3.8) is 0 Å². The third-order valence-electron chi connectivity index (χ3n) is 8.30. The van der Waals surface area contributed by atoms with Crippen LogP contribution in [0.1, 0.15) is 213 Å². The van der Waals surface area contributed by atoms with Crippen molar-refractivity contribution in [2.45, 2.75) is 219 Å². The van der Waals surface area contributed by atoms with Gasteiger partial charge in [-0.2, -0.15) is 0 Å². The number of carbonyl (C=O) groups excluding carboxylic acids is 1. The number of carbonyl (C=O) groups is 1. The van der Waals surface area contributed by atoms with E-state index in [-0.39, 0.29) is 11.9 Å². The van der Waals surface area contributed by atoms with E-state index >= 15 is 0 Å². The van der Waals surface area contributed by atoms with Gasteiger partial charge in [-0.25, -0.2) is 0 Å². The summed E-state index contributed by atoms with van der Waals surface area (Å²) in [4.78, 5) is 12.3. The highest BCUT2D eigenvalue weighted by Crippen LogP contribution is 2.15. The van der Waals surface area contributed by atoms with Gasteiger partial charge in [-0.05, 0) is 25.7 Å². The Morgan fingerprint density at radius 1 is 0.474 bits per heavy atom. The van der Waals surface area contributed by atoms with Crippen LogP contribution in [-0.4, -0.2) is 11.9 Å². The van der Waals surface area contributed by atoms with Crippen molar-refractivity contribution in [3.8, 4) is 0 Å². The summed E-state index contributed by atoms with van der Waals surface area (Å²) >= 11 is 0. The average molecular weight is 535 g/mol. The molecule has 0 aliphatic rings. The van der Waals surface area contributed by atoms with Crippen LogP contribution in [0.25, 0.3) is 0 Å². The van der Waals surface area contributed by atoms with Crippen molar-refractivity contribution in [2.24, 2.45) is 0 Å². The molecule has 0 aliphatic carbocycles. The molecule has 38 heavy (non-hydrogen) atoms. The van der Waals surface area contributed by atoms with E-state index in [9.17, 15) is 4.79 Å². The second kappa shape index (κ2) is 32.7. The van der Waals surface area contributed by atoms with Crippen LogP contribution in [0.4, 0.5) is 0 Å². The molecule has 0 bridgehead atoms. The molecule has 0 fully saturated rings. The lowest BCUT2D eigenvalue weighted by atomic mass is 10.0. The number of hydrogen-bond acceptors (Lipinski definition) is 1. The van der Waals surface area contributed by atoms with Gasteiger partial charge in [0.25, 0.3) is 0 Å². The lowest BCUT2D eigenvalue weighted by Gasteiger charge is -2.16. The second-order valence-electron chi connectivity index (χ2n) is 12.2. The summed E-state index contributed by atoms with van der Waals surface area (Å²) in [5.41, 5.74) is 0. The largest absolute Gasteiger partial charge is 0.353 e. The normalized spacial score (nSPS) is 12.2. The second-order valence-corrected chi connectivity index (χ2v) is 12.2. The van der Waals surface area contributed by atoms with E-state index in [0.29, 0.717) is 6.42 Å². The van der Waals surface area contributed by atoms with E-state index in [1.54, 1.807) is 0 Å². The molecule has 1 atom stereocenters. The summed E-state index contributed by atoms with van der Waals surface area (Å²) in [5, 5.41) is 3.27. The van der Waals surface area contributed by atoms with Gasteiger partial charge >= 0.3 is 0 Å². The molecule has 0 saturated carbocycles. The van der Waals surface area contributed by atoms with Gasteiger partial charge in [0.05, 0.1) is 0 Å². The molecule has 0 aromatic heterocycles. The molecule has 0 aliphatic heterocycles. The predicted molar refractivity (Wildman–Crippen MR) is 172 cm³/mol. The minimum Gasteiger partial charge on any atom is -0.353 e. The van der Waals surface area contributed by atoms with E-state index in [2.05, 4.69) is 32.5 Å². The zero-order valence-corrected chi connectivity index (χ0v) is 26.8. The summed E-state index contributed by atoms with van der Waals surface area (Å²) < 4.78 is 0. The van der Waals surface area contributed by atoms with Gasteiger partial charge in [-0.1, -0.05) is 188 Å². The number of hydrogen-bond donors (Lipinski definition) is 1. The summed E-state index contributed by atoms with van der Waals surface area (Å²) in [6.07, 6.45) is 42.6. The van der Waals surface area contributed by atoms with Crippen LogP contribution in [-0.2, 0) is 4.79 Å². The lowest BCUT2D eigenvalue weighted by Crippen LogP contribution is -2.34. The molecular formula is C36H72NO. The first-order valence-electron chi connectivity index (χ1n) is 17.9. The van der Waals surface area contributed by atoms with Gasteiger partial charge in [0.2, 0.25) is 5.91 Å². The third-order valence-corrected chi connectivity index (χ3v) is 8.30. The molecule has 0 aromatic carbocycles. The zero-order chi connectivity index (χ0) is 27.8. The van der Waals surface area contributed by atoms with E-state index in [4.69, 9.17) is 0 Å². The first-order valence-corrected chi connectivity index (χ1v) is 17.9. The van der Waals surface area contributed by atoms with Gasteiger partial charge in [0.15, 0.2) is 0 Å². The highest BCUT2D eigenvalue weighted by Gasteiger charge is 2.10. The Kier molecular flexibility index (Phi) is 32.2. The fraction of sp³-hybridized carbons (Fsp3) is 0.944. The summed E-state index contributed by atoms with van der Waals surface area (Å²) in [6, 6.07) is 0.270. The van der Waals surface area contributed by atoms with Crippen molar-refractivity contribution >= 4 is 5.91 Å². The van der Waals surface area contributed by atoms with E-state index in [0.717, 1.165) is 19.3 Å². The molecule has 1 amide bonds. The first-order chi connectivity index (χ1) is 18.7. The Hall–Kier alpha value is -0.530. The fourth-order valence-electron chi connectivity index (χ4n) is 5.57. The molecule has 0 saturated heterocycles. The molecule has 2 nitrogen and oxygen atoms in total. The SMILES string of the molecule is CCCCCCCCCCCCCC[CH]C(CC)NC(=O)CCCCCCCCCCCCCCCCC. The minimum absolute atomic E-state index is 0.262. The average Bonchev–Trinajstić information content (AvgIpc) is 2.92. The van der Waals surface area contributed by atoms with Gasteiger partial charge in [0.1, 0.15) is 0 Å². The summed E-state index contributed by atoms with van der Waals surface area (Å²) in [6.45, 7) is 6.77. The maximum atomic E-state index is 12.3. The van der Waals surface area contributed by atoms with Crippen LogP contribution in [0.15, 0.2) is 0 Å². The zero-order valence-electron chi connectivity index (χ0n) is 26.8. The molecule has 1 radical (unpaired) electrons. The van der Waals surface area contributed by atoms with Crippen LogP contribution < -0.4 is 5.32 Å². The van der Waals surface area contributed by atoms with Crippen molar-refractivity contribution in [3.05, 3.63) is 6.42 Å². The van der Waals surface area contributed by atoms with Crippen LogP contribution in [0.2, 0.25) is 0 Å². The molecule has 0 spiro atoms. The molecule has 2 heteroatoms. The lowest BCUT2D eigenvalue weighted by molar-refractivity contribution is -0.121. The smallest absolute Gasteiger partial charge is 0.220 e. The molecule has 0 rings (SSSR count). The number of unbranched alkanes of at least 4 members (excludes halogenated alkanes) is 26. The number of amides is 1. The van der Waals surface area contributed by atoms with Gasteiger partial charge < -0.3 is 5.32 Å². The van der Waals surface area contributed by atoms with Gasteiger partial charge in [-0.15, -0.1) is 0 Å². The molecule has 1 unspecified atom stereocenters. The van der Waals surface area contributed by atoms with E-state index in [1.165, 1.54) is 167 Å². The fourth-order valence-corrected chi connectivity index (χ4v) is 5.57. The van der Waals surface area contributed by atoms with E-state index in [1.807, 2.05) is 0 Å². The van der Waals surface area contributed by atoms with Gasteiger partial charge in [-0.3, -0.25) is 4.79 Å². The number of nitrogens with one attached hydrogen (secondary N) is 1. The van der Waals surface area contributed by atoms with Crippen LogP contribution in [0.5, 0.6) is 0 Å². The summed E-state index contributed by atoms with van der Waals surface area (Å²) in [7, 11) is 0. The molecular weight excluding hydrogens is 462 g/mol. The van der Waals surface area contributed by atoms with E-state index < -0.39 is 0 Å². The van der Waals surface area contributed by atoms with Crippen molar-refractivity contribution in [1.29, 1.82) is 0 Å². The Labute approximate surface area is 241 Å². The molecule has 0 aromatic rings. The molecule has 227 valence electrons. The van der Waals surface area contributed by atoms with Crippen LogP contribution in [0, 0.1) is 6.42 Å². The third kappa shape index (κ3) is 30.0. The minimum atomic E-state index is 0.262. The predicted octanol–water partition coefficient (Wildman–Crippen LogP) is 12.4. The maximum Gasteiger partial charge on any atom is 0.220 e. The summed E-state index contributed by atoms with van der Waals surface area (Å²) in [5.74, 6) is 0.262. The Morgan fingerprint density at radius 2 is 0.789 bits per heavy atom. The van der Waals surface area contributed by atoms with Crippen molar-refractivity contribution in [1.82, 2.24) is 5.32 Å². The van der Waals surface area contributed by atoms with Gasteiger partial charge in [0, 0.05) is 12.5 Å². The molecule has 0 heterocycles. The number of rotatable bonds is 32.